The van der Waals surface area contributed by atoms with E-state index in [0.717, 1.165) is 0 Å². The lowest BCUT2D eigenvalue weighted by Gasteiger charge is -2.39. The second-order valence-electron chi connectivity index (χ2n) is 7.63. The van der Waals surface area contributed by atoms with Gasteiger partial charge in [-0.3, -0.25) is 4.79 Å². The number of nitrogens with one attached hydrogen (secondary N) is 1. The number of nitrogens with zero attached hydrogens (tertiary/aromatic N) is 1. The number of rotatable bonds is 10. The fourth-order valence-electron chi connectivity index (χ4n) is 4.12. The molecule has 4 N–H and O–H groups in total. The summed E-state index contributed by atoms with van der Waals surface area (Å²) in [6.45, 7) is 0.771. The molecular formula is C23H29N3O4S. The zero-order valence-corrected chi connectivity index (χ0v) is 18.2. The summed E-state index contributed by atoms with van der Waals surface area (Å²) < 4.78 is 27.8. The normalized spacial score (nSPS) is 17.8. The summed E-state index contributed by atoms with van der Waals surface area (Å²) in [7, 11) is -3.59. The van der Waals surface area contributed by atoms with Crippen LogP contribution in [0.2, 0.25) is 0 Å². The molecule has 0 radical (unpaired) electrons. The van der Waals surface area contributed by atoms with Crippen LogP contribution >= 0.6 is 0 Å². The van der Waals surface area contributed by atoms with E-state index in [4.69, 9.17) is 5.73 Å². The van der Waals surface area contributed by atoms with Crippen molar-refractivity contribution in [1.29, 1.82) is 0 Å². The monoisotopic (exact) mass is 443 g/mol. The van der Waals surface area contributed by atoms with Gasteiger partial charge in [0.1, 0.15) is 5.60 Å². The smallest absolute Gasteiger partial charge is 0.242 e. The van der Waals surface area contributed by atoms with E-state index in [1.54, 1.807) is 0 Å². The summed E-state index contributed by atoms with van der Waals surface area (Å²) in [6.07, 6.45) is 4.22. The topological polar surface area (TPSA) is 113 Å². The summed E-state index contributed by atoms with van der Waals surface area (Å²) in [6, 6.07) is 17.9. The van der Waals surface area contributed by atoms with Crippen LogP contribution in [-0.4, -0.2) is 48.6 Å². The molecule has 0 spiro atoms. The fourth-order valence-corrected chi connectivity index (χ4v) is 5.92. The van der Waals surface area contributed by atoms with Gasteiger partial charge in [0, 0.05) is 25.4 Å². The van der Waals surface area contributed by atoms with Crippen molar-refractivity contribution in [2.45, 2.75) is 30.9 Å². The van der Waals surface area contributed by atoms with Crippen LogP contribution in [0, 0.1) is 0 Å². The van der Waals surface area contributed by atoms with E-state index in [1.165, 1.54) is 16.6 Å². The first-order valence-electron chi connectivity index (χ1n) is 10.4. The fraction of sp³-hybridized carbons (Fsp3) is 0.348. The lowest BCUT2D eigenvalue weighted by Crippen LogP contribution is -2.51. The highest BCUT2D eigenvalue weighted by atomic mass is 32.2. The van der Waals surface area contributed by atoms with E-state index in [-0.39, 0.29) is 5.75 Å². The van der Waals surface area contributed by atoms with Crippen molar-refractivity contribution in [3.63, 3.8) is 0 Å². The van der Waals surface area contributed by atoms with Gasteiger partial charge in [-0.15, -0.1) is 0 Å². The molecule has 1 heterocycles. The van der Waals surface area contributed by atoms with Crippen LogP contribution in [0.3, 0.4) is 0 Å². The predicted octanol–water partition coefficient (Wildman–Crippen LogP) is 1.70. The Morgan fingerprint density at radius 2 is 1.71 bits per heavy atom. The van der Waals surface area contributed by atoms with Crippen LogP contribution < -0.4 is 11.1 Å². The number of carbonyl (C=O) groups is 1. The number of primary amides is 1. The van der Waals surface area contributed by atoms with Gasteiger partial charge in [0.15, 0.2) is 0 Å². The van der Waals surface area contributed by atoms with Gasteiger partial charge in [0.2, 0.25) is 15.9 Å². The van der Waals surface area contributed by atoms with Crippen LogP contribution in [0.15, 0.2) is 72.9 Å². The molecule has 0 unspecified atom stereocenters. The van der Waals surface area contributed by atoms with Crippen molar-refractivity contribution in [3.8, 4) is 0 Å². The quantitative estimate of drug-likeness (QED) is 0.382. The maximum absolute atomic E-state index is 13.2. The Morgan fingerprint density at radius 3 is 2.26 bits per heavy atom. The Balaban J connectivity index is 1.83. The van der Waals surface area contributed by atoms with Crippen molar-refractivity contribution >= 4 is 15.9 Å². The molecule has 7 nitrogen and oxygen atoms in total. The number of nitrogens with two attached hydrogens (primary N) is 1. The van der Waals surface area contributed by atoms with E-state index in [1.807, 2.05) is 60.7 Å². The number of aliphatic hydroxyl groups is 1. The van der Waals surface area contributed by atoms with Crippen LogP contribution in [-0.2, 0) is 20.4 Å². The van der Waals surface area contributed by atoms with Crippen LogP contribution in [0.5, 0.6) is 0 Å². The van der Waals surface area contributed by atoms with Crippen molar-refractivity contribution < 1.29 is 18.3 Å². The van der Waals surface area contributed by atoms with Crippen LogP contribution in [0.25, 0.3) is 0 Å². The van der Waals surface area contributed by atoms with E-state index >= 15 is 0 Å². The molecule has 3 rings (SSSR count). The number of benzene rings is 2. The molecule has 1 aliphatic heterocycles. The van der Waals surface area contributed by atoms with Gasteiger partial charge in [-0.05, 0) is 30.4 Å². The number of sulfonamides is 1. The molecule has 166 valence electrons. The minimum Gasteiger partial charge on any atom is -0.391 e. The minimum atomic E-state index is -3.59. The zero-order chi connectivity index (χ0) is 22.3. The Bertz CT molecular complexity index is 954. The maximum Gasteiger partial charge on any atom is 0.242 e. The molecule has 0 aliphatic carbocycles. The molecule has 1 atom stereocenters. The molecule has 31 heavy (non-hydrogen) atoms. The number of carbonyl (C=O) groups excluding carboxylic acids is 1. The summed E-state index contributed by atoms with van der Waals surface area (Å²) in [5.74, 6) is -0.623. The third-order valence-electron chi connectivity index (χ3n) is 5.56. The predicted molar refractivity (Wildman–Crippen MR) is 120 cm³/mol. The molecule has 8 heteroatoms. The minimum absolute atomic E-state index is 0.0550. The third kappa shape index (κ3) is 5.33. The molecule has 0 aromatic heterocycles. The average Bonchev–Trinajstić information content (AvgIpc) is 3.28. The van der Waals surface area contributed by atoms with Gasteiger partial charge in [-0.25, -0.2) is 8.42 Å². The molecule has 1 fully saturated rings. The summed E-state index contributed by atoms with van der Waals surface area (Å²) in [5.41, 5.74) is 4.91. The lowest BCUT2D eigenvalue weighted by molar-refractivity contribution is -0.113. The first-order chi connectivity index (χ1) is 14.9. The zero-order valence-electron chi connectivity index (χ0n) is 17.4. The Labute approximate surface area is 183 Å². The Kier molecular flexibility index (Phi) is 7.48. The summed E-state index contributed by atoms with van der Waals surface area (Å²) in [4.78, 5) is 10.7. The van der Waals surface area contributed by atoms with Gasteiger partial charge in [-0.2, -0.15) is 4.31 Å². The largest absolute Gasteiger partial charge is 0.391 e. The first-order valence-corrected chi connectivity index (χ1v) is 12.0. The highest BCUT2D eigenvalue weighted by molar-refractivity contribution is 7.89. The molecule has 1 saturated heterocycles. The summed E-state index contributed by atoms with van der Waals surface area (Å²) >= 11 is 0. The highest BCUT2D eigenvalue weighted by Crippen LogP contribution is 2.41. The molecule has 0 saturated carbocycles. The first kappa shape index (κ1) is 23.0. The molecule has 0 bridgehead atoms. The second-order valence-corrected chi connectivity index (χ2v) is 9.67. The Morgan fingerprint density at radius 1 is 1.13 bits per heavy atom. The molecule has 2 aromatic carbocycles. The number of hydrogen-bond donors (Lipinski definition) is 3. The van der Waals surface area contributed by atoms with Crippen LogP contribution in [0.1, 0.15) is 30.4 Å². The van der Waals surface area contributed by atoms with Crippen molar-refractivity contribution in [3.05, 3.63) is 84.1 Å². The van der Waals surface area contributed by atoms with Crippen molar-refractivity contribution in [1.82, 2.24) is 9.62 Å². The van der Waals surface area contributed by atoms with E-state index in [2.05, 4.69) is 5.32 Å². The SMILES string of the molecule is NC(=O)/C=C\NCCCS(=O)(=O)N1CCC[C@@H]1C(O)(c1ccccc1)c1ccccc1. The number of hydrogen-bond acceptors (Lipinski definition) is 5. The number of amides is 1. The van der Waals surface area contributed by atoms with Gasteiger partial charge < -0.3 is 16.2 Å². The van der Waals surface area contributed by atoms with Gasteiger partial charge in [0.05, 0.1) is 11.8 Å². The van der Waals surface area contributed by atoms with Crippen molar-refractivity contribution in [2.24, 2.45) is 5.73 Å². The van der Waals surface area contributed by atoms with E-state index in [9.17, 15) is 18.3 Å². The molecular weight excluding hydrogens is 414 g/mol. The second kappa shape index (κ2) is 10.1. The Hall–Kier alpha value is -2.68. The van der Waals surface area contributed by atoms with Gasteiger partial charge in [0.25, 0.3) is 0 Å². The standard InChI is InChI=1S/C23H29N3O4S/c24-22(27)14-16-25-15-8-18-31(29,30)26-17-7-13-21(26)23(28,19-9-3-1-4-10-19)20-11-5-2-6-12-20/h1-6,9-12,14,16,21,25,28H,7-8,13,15,17-18H2,(H2,24,27)/b16-14-/t21-/m1/s1. The summed E-state index contributed by atoms with van der Waals surface area (Å²) in [5, 5.41) is 14.9. The molecule has 2 aromatic rings. The van der Waals surface area contributed by atoms with E-state index in [0.29, 0.717) is 43.5 Å². The van der Waals surface area contributed by atoms with Gasteiger partial charge >= 0.3 is 0 Å². The third-order valence-corrected chi connectivity index (χ3v) is 7.52. The molecule has 1 aliphatic rings. The van der Waals surface area contributed by atoms with E-state index < -0.39 is 27.6 Å². The average molecular weight is 444 g/mol. The lowest BCUT2D eigenvalue weighted by atomic mass is 9.79. The van der Waals surface area contributed by atoms with Crippen molar-refractivity contribution in [2.75, 3.05) is 18.8 Å². The highest BCUT2D eigenvalue weighted by Gasteiger charge is 2.48. The van der Waals surface area contributed by atoms with Gasteiger partial charge in [-0.1, -0.05) is 60.7 Å². The maximum atomic E-state index is 13.2. The van der Waals surface area contributed by atoms with Crippen LogP contribution in [0.4, 0.5) is 0 Å². The molecule has 1 amide bonds.